The molecular formula is C12H15ClF3N. The van der Waals surface area contributed by atoms with Gasteiger partial charge in [-0.1, -0.05) is 6.07 Å². The summed E-state index contributed by atoms with van der Waals surface area (Å²) in [7, 11) is 0. The van der Waals surface area contributed by atoms with Crippen molar-refractivity contribution in [1.29, 1.82) is 0 Å². The lowest BCUT2D eigenvalue weighted by Gasteiger charge is -2.11. The van der Waals surface area contributed by atoms with Gasteiger partial charge in [0.2, 0.25) is 0 Å². The molecule has 2 N–H and O–H groups in total. The first-order valence-electron chi connectivity index (χ1n) is 5.41. The highest BCUT2D eigenvalue weighted by Crippen LogP contribution is 2.32. The summed E-state index contributed by atoms with van der Waals surface area (Å²) in [5.41, 5.74) is 7.08. The number of benzene rings is 1. The number of nitrogens with two attached hydrogens (primary N) is 1. The molecule has 5 heteroatoms. The van der Waals surface area contributed by atoms with E-state index in [0.717, 1.165) is 36.5 Å². The van der Waals surface area contributed by atoms with E-state index in [1.165, 1.54) is 6.07 Å². The van der Waals surface area contributed by atoms with Crippen molar-refractivity contribution in [2.45, 2.75) is 37.9 Å². The third-order valence-corrected chi connectivity index (χ3v) is 3.10. The third kappa shape index (κ3) is 3.36. The van der Waals surface area contributed by atoms with Crippen LogP contribution >= 0.6 is 12.4 Å². The molecule has 0 aliphatic heterocycles. The zero-order valence-electron chi connectivity index (χ0n) is 9.26. The van der Waals surface area contributed by atoms with Crippen LogP contribution in [0.4, 0.5) is 13.2 Å². The number of halogens is 4. The summed E-state index contributed by atoms with van der Waals surface area (Å²) in [5.74, 6) is 0. The molecular weight excluding hydrogens is 251 g/mol. The van der Waals surface area contributed by atoms with E-state index in [-0.39, 0.29) is 18.4 Å². The largest absolute Gasteiger partial charge is 0.416 e. The van der Waals surface area contributed by atoms with E-state index in [9.17, 15) is 13.2 Å². The molecule has 0 radical (unpaired) electrons. The van der Waals surface area contributed by atoms with E-state index in [4.69, 9.17) is 5.73 Å². The van der Waals surface area contributed by atoms with Gasteiger partial charge >= 0.3 is 6.18 Å². The summed E-state index contributed by atoms with van der Waals surface area (Å²) < 4.78 is 37.5. The zero-order chi connectivity index (χ0) is 11.8. The second-order valence-corrected chi connectivity index (χ2v) is 4.32. The van der Waals surface area contributed by atoms with Crippen molar-refractivity contribution in [1.82, 2.24) is 0 Å². The van der Waals surface area contributed by atoms with Crippen LogP contribution in [0.3, 0.4) is 0 Å². The topological polar surface area (TPSA) is 26.0 Å². The van der Waals surface area contributed by atoms with Gasteiger partial charge in [0.25, 0.3) is 0 Å². The van der Waals surface area contributed by atoms with E-state index >= 15 is 0 Å². The van der Waals surface area contributed by atoms with Gasteiger partial charge < -0.3 is 5.73 Å². The normalized spacial score (nSPS) is 20.1. The van der Waals surface area contributed by atoms with Gasteiger partial charge in [-0.05, 0) is 48.9 Å². The van der Waals surface area contributed by atoms with Gasteiger partial charge in [0.05, 0.1) is 5.56 Å². The van der Waals surface area contributed by atoms with Gasteiger partial charge in [-0.2, -0.15) is 13.2 Å². The molecule has 1 unspecified atom stereocenters. The molecule has 0 spiro atoms. The molecule has 0 bridgehead atoms. The lowest BCUT2D eigenvalue weighted by molar-refractivity contribution is -0.137. The predicted molar refractivity (Wildman–Crippen MR) is 63.3 cm³/mol. The molecule has 0 amide bonds. The molecule has 1 aromatic carbocycles. The van der Waals surface area contributed by atoms with Crippen molar-refractivity contribution in [2.24, 2.45) is 5.73 Å². The minimum atomic E-state index is -4.25. The van der Waals surface area contributed by atoms with Crippen LogP contribution in [-0.4, -0.2) is 6.04 Å². The summed E-state index contributed by atoms with van der Waals surface area (Å²) in [6.07, 6.45) is -1.18. The van der Waals surface area contributed by atoms with Gasteiger partial charge in [0.1, 0.15) is 0 Å². The smallest absolute Gasteiger partial charge is 0.328 e. The first kappa shape index (κ1) is 14.3. The monoisotopic (exact) mass is 265 g/mol. The van der Waals surface area contributed by atoms with Crippen LogP contribution in [0.2, 0.25) is 0 Å². The second kappa shape index (κ2) is 5.27. The number of alkyl halides is 3. The molecule has 0 heterocycles. The Morgan fingerprint density at radius 3 is 2.24 bits per heavy atom. The van der Waals surface area contributed by atoms with E-state index in [1.807, 2.05) is 0 Å². The molecule has 1 nitrogen and oxygen atoms in total. The lowest BCUT2D eigenvalue weighted by atomic mass is 10.00. The highest BCUT2D eigenvalue weighted by atomic mass is 35.5. The molecule has 1 aromatic rings. The van der Waals surface area contributed by atoms with Crippen LogP contribution in [-0.2, 0) is 19.0 Å². The van der Waals surface area contributed by atoms with Gasteiger partial charge in [-0.15, -0.1) is 12.4 Å². The Morgan fingerprint density at radius 1 is 1.06 bits per heavy atom. The Balaban J connectivity index is 0.00000144. The summed E-state index contributed by atoms with van der Waals surface area (Å²) in [6.45, 7) is 0. The maximum Gasteiger partial charge on any atom is 0.416 e. The average molecular weight is 266 g/mol. The van der Waals surface area contributed by atoms with Gasteiger partial charge in [-0.3, -0.25) is 0 Å². The molecule has 2 rings (SSSR count). The van der Waals surface area contributed by atoms with Crippen LogP contribution in [0.1, 0.15) is 29.5 Å². The van der Waals surface area contributed by atoms with Crippen molar-refractivity contribution in [3.8, 4) is 0 Å². The quantitative estimate of drug-likeness (QED) is 0.716. The maximum absolute atomic E-state index is 12.5. The van der Waals surface area contributed by atoms with Crippen molar-refractivity contribution in [2.75, 3.05) is 0 Å². The van der Waals surface area contributed by atoms with Gasteiger partial charge in [-0.25, -0.2) is 0 Å². The first-order valence-corrected chi connectivity index (χ1v) is 5.41. The van der Waals surface area contributed by atoms with E-state index in [1.54, 1.807) is 6.07 Å². The van der Waals surface area contributed by atoms with Crippen molar-refractivity contribution < 1.29 is 13.2 Å². The number of aryl methyl sites for hydroxylation is 2. The number of hydrogen-bond acceptors (Lipinski definition) is 1. The van der Waals surface area contributed by atoms with Crippen LogP contribution in [0, 0.1) is 0 Å². The molecule has 96 valence electrons. The molecule has 0 aromatic heterocycles. The minimum absolute atomic E-state index is 0. The van der Waals surface area contributed by atoms with E-state index in [2.05, 4.69) is 0 Å². The minimum Gasteiger partial charge on any atom is -0.328 e. The second-order valence-electron chi connectivity index (χ2n) is 4.32. The Bertz CT molecular complexity index is 390. The highest BCUT2D eigenvalue weighted by molar-refractivity contribution is 5.85. The summed E-state index contributed by atoms with van der Waals surface area (Å²) in [4.78, 5) is 0. The molecule has 0 saturated heterocycles. The van der Waals surface area contributed by atoms with E-state index in [0.29, 0.717) is 6.42 Å². The Labute approximate surface area is 105 Å². The fourth-order valence-electron chi connectivity index (χ4n) is 2.10. The summed E-state index contributed by atoms with van der Waals surface area (Å²) >= 11 is 0. The highest BCUT2D eigenvalue weighted by Gasteiger charge is 2.31. The lowest BCUT2D eigenvalue weighted by Crippen LogP contribution is -2.19. The van der Waals surface area contributed by atoms with Crippen LogP contribution in [0.15, 0.2) is 18.2 Å². The summed E-state index contributed by atoms with van der Waals surface area (Å²) in [6, 6.07) is 4.14. The SMILES string of the molecule is Cl.NC1CCc2ccc(C(F)(F)F)cc2CC1. The fourth-order valence-corrected chi connectivity index (χ4v) is 2.10. The molecule has 1 aliphatic rings. The average Bonchev–Trinajstić information content (AvgIpc) is 2.39. The van der Waals surface area contributed by atoms with Crippen LogP contribution in [0.25, 0.3) is 0 Å². The predicted octanol–water partition coefficient (Wildman–Crippen LogP) is 3.33. The van der Waals surface area contributed by atoms with Crippen LogP contribution in [0.5, 0.6) is 0 Å². The third-order valence-electron chi connectivity index (χ3n) is 3.10. The standard InChI is InChI=1S/C12H14F3N.ClH/c13-12(14,15)10-4-1-8-2-5-11(16)6-3-9(8)7-10;/h1,4,7,11H,2-3,5-6,16H2;1H. The van der Waals surface area contributed by atoms with Crippen molar-refractivity contribution in [3.05, 3.63) is 34.9 Å². The number of fused-ring (bicyclic) bond motifs is 1. The van der Waals surface area contributed by atoms with E-state index < -0.39 is 11.7 Å². The molecule has 0 fully saturated rings. The van der Waals surface area contributed by atoms with Gasteiger partial charge in [0.15, 0.2) is 0 Å². The van der Waals surface area contributed by atoms with Crippen molar-refractivity contribution >= 4 is 12.4 Å². The Hall–Kier alpha value is -0.740. The number of rotatable bonds is 0. The Morgan fingerprint density at radius 2 is 1.65 bits per heavy atom. The van der Waals surface area contributed by atoms with Gasteiger partial charge in [0, 0.05) is 6.04 Å². The fraction of sp³-hybridized carbons (Fsp3) is 0.500. The van der Waals surface area contributed by atoms with Crippen molar-refractivity contribution in [3.63, 3.8) is 0 Å². The number of hydrogen-bond donors (Lipinski definition) is 1. The Kier molecular flexibility index (Phi) is 4.44. The maximum atomic E-state index is 12.5. The first-order chi connectivity index (χ1) is 7.47. The molecule has 1 aliphatic carbocycles. The molecule has 0 saturated carbocycles. The molecule has 17 heavy (non-hydrogen) atoms. The van der Waals surface area contributed by atoms with Crippen LogP contribution < -0.4 is 5.73 Å². The summed E-state index contributed by atoms with van der Waals surface area (Å²) in [5, 5.41) is 0. The zero-order valence-corrected chi connectivity index (χ0v) is 10.1. The molecule has 1 atom stereocenters.